The van der Waals surface area contributed by atoms with E-state index in [4.69, 9.17) is 5.11 Å². The largest absolute Gasteiger partial charge is 0.477 e. The van der Waals surface area contributed by atoms with Crippen molar-refractivity contribution in [1.82, 2.24) is 4.57 Å². The lowest BCUT2D eigenvalue weighted by Gasteiger charge is -2.06. The van der Waals surface area contributed by atoms with E-state index in [0.29, 0.717) is 11.1 Å². The molecule has 0 aliphatic rings. The molecule has 2 rings (SSSR count). The Hall–Kier alpha value is -2.24. The highest BCUT2D eigenvalue weighted by Gasteiger charge is 2.30. The maximum Gasteiger partial charge on any atom is 0.416 e. The van der Waals surface area contributed by atoms with E-state index in [1.165, 1.54) is 22.8 Å². The van der Waals surface area contributed by atoms with Crippen molar-refractivity contribution in [3.63, 3.8) is 0 Å². The molecule has 0 spiro atoms. The second-order valence-corrected chi connectivity index (χ2v) is 4.11. The van der Waals surface area contributed by atoms with Crippen LogP contribution in [0.15, 0.2) is 36.5 Å². The molecule has 0 radical (unpaired) electrons. The van der Waals surface area contributed by atoms with Gasteiger partial charge in [-0.05, 0) is 23.8 Å². The van der Waals surface area contributed by atoms with E-state index in [-0.39, 0.29) is 5.69 Å². The lowest BCUT2D eigenvalue weighted by molar-refractivity contribution is -0.137. The highest BCUT2D eigenvalue weighted by atomic mass is 19.4. The molecule has 0 amide bonds. The van der Waals surface area contributed by atoms with Gasteiger partial charge in [-0.15, -0.1) is 0 Å². The molecular formula is C13H10F3NO2. The molecule has 0 fully saturated rings. The van der Waals surface area contributed by atoms with Crippen LogP contribution >= 0.6 is 0 Å². The van der Waals surface area contributed by atoms with E-state index >= 15 is 0 Å². The maximum absolute atomic E-state index is 12.4. The molecule has 19 heavy (non-hydrogen) atoms. The standard InChI is InChI=1S/C13H10F3NO2/c1-17-7-9(6-11(17)12(18)19)8-2-4-10(5-3-8)13(14,15)16/h2-7H,1H3,(H,18,19). The van der Waals surface area contributed by atoms with Gasteiger partial charge in [0, 0.05) is 18.8 Å². The number of aromatic nitrogens is 1. The van der Waals surface area contributed by atoms with Crippen LogP contribution in [-0.4, -0.2) is 15.6 Å². The molecule has 0 aliphatic heterocycles. The van der Waals surface area contributed by atoms with Crippen LogP contribution in [0, 0.1) is 0 Å². The zero-order valence-electron chi connectivity index (χ0n) is 9.90. The molecule has 100 valence electrons. The van der Waals surface area contributed by atoms with Gasteiger partial charge in [0.15, 0.2) is 0 Å². The van der Waals surface area contributed by atoms with Crippen LogP contribution in [0.4, 0.5) is 13.2 Å². The van der Waals surface area contributed by atoms with E-state index in [1.54, 1.807) is 13.2 Å². The fraction of sp³-hybridized carbons (Fsp3) is 0.154. The first kappa shape index (κ1) is 13.2. The third-order valence-corrected chi connectivity index (χ3v) is 2.77. The zero-order valence-corrected chi connectivity index (χ0v) is 9.90. The van der Waals surface area contributed by atoms with Gasteiger partial charge < -0.3 is 9.67 Å². The highest BCUT2D eigenvalue weighted by molar-refractivity contribution is 5.88. The van der Waals surface area contributed by atoms with Crippen LogP contribution in [0.3, 0.4) is 0 Å². The predicted molar refractivity (Wildman–Crippen MR) is 62.8 cm³/mol. The summed E-state index contributed by atoms with van der Waals surface area (Å²) < 4.78 is 38.7. The van der Waals surface area contributed by atoms with Gasteiger partial charge in [-0.3, -0.25) is 0 Å². The Kier molecular flexibility index (Phi) is 3.09. The number of alkyl halides is 3. The van der Waals surface area contributed by atoms with Crippen molar-refractivity contribution in [2.24, 2.45) is 7.05 Å². The SMILES string of the molecule is Cn1cc(-c2ccc(C(F)(F)F)cc2)cc1C(=O)O. The van der Waals surface area contributed by atoms with Crippen molar-refractivity contribution in [3.8, 4) is 11.1 Å². The predicted octanol–water partition coefficient (Wildman–Crippen LogP) is 3.41. The smallest absolute Gasteiger partial charge is 0.416 e. The summed E-state index contributed by atoms with van der Waals surface area (Å²) in [5.74, 6) is -1.08. The van der Waals surface area contributed by atoms with Gasteiger partial charge >= 0.3 is 12.1 Å². The molecule has 6 heteroatoms. The first-order chi connectivity index (χ1) is 8.79. The van der Waals surface area contributed by atoms with E-state index in [9.17, 15) is 18.0 Å². The quantitative estimate of drug-likeness (QED) is 0.907. The lowest BCUT2D eigenvalue weighted by Crippen LogP contribution is -2.03. The van der Waals surface area contributed by atoms with E-state index < -0.39 is 17.7 Å². The number of carboxylic acid groups (broad SMARTS) is 1. The van der Waals surface area contributed by atoms with Crippen LogP contribution in [0.5, 0.6) is 0 Å². The topological polar surface area (TPSA) is 42.2 Å². The number of aromatic carboxylic acids is 1. The molecular weight excluding hydrogens is 259 g/mol. The molecule has 1 aromatic heterocycles. The second kappa shape index (κ2) is 4.46. The average molecular weight is 269 g/mol. The molecule has 1 aromatic carbocycles. The Balaban J connectivity index is 2.38. The van der Waals surface area contributed by atoms with Crippen molar-refractivity contribution >= 4 is 5.97 Å². The van der Waals surface area contributed by atoms with Crippen molar-refractivity contribution in [2.75, 3.05) is 0 Å². The molecule has 1 N–H and O–H groups in total. The van der Waals surface area contributed by atoms with Crippen molar-refractivity contribution in [2.45, 2.75) is 6.18 Å². The first-order valence-electron chi connectivity index (χ1n) is 5.36. The van der Waals surface area contributed by atoms with Gasteiger partial charge in [0.25, 0.3) is 0 Å². The van der Waals surface area contributed by atoms with Gasteiger partial charge in [0.05, 0.1) is 5.56 Å². The first-order valence-corrected chi connectivity index (χ1v) is 5.36. The van der Waals surface area contributed by atoms with E-state index in [2.05, 4.69) is 0 Å². The summed E-state index contributed by atoms with van der Waals surface area (Å²) in [6.07, 6.45) is -2.81. The number of aryl methyl sites for hydroxylation is 1. The van der Waals surface area contributed by atoms with Crippen molar-refractivity contribution < 1.29 is 23.1 Å². The van der Waals surface area contributed by atoms with Crippen LogP contribution < -0.4 is 0 Å². The molecule has 0 atom stereocenters. The van der Waals surface area contributed by atoms with Crippen LogP contribution in [0.25, 0.3) is 11.1 Å². The molecule has 0 unspecified atom stereocenters. The number of carbonyl (C=O) groups is 1. The molecule has 0 bridgehead atoms. The Morgan fingerprint density at radius 3 is 2.16 bits per heavy atom. The summed E-state index contributed by atoms with van der Waals surface area (Å²) >= 11 is 0. The summed E-state index contributed by atoms with van der Waals surface area (Å²) in [4.78, 5) is 10.9. The van der Waals surface area contributed by atoms with Crippen LogP contribution in [0.1, 0.15) is 16.1 Å². The summed E-state index contributed by atoms with van der Waals surface area (Å²) in [6, 6.07) is 6.02. The zero-order chi connectivity index (χ0) is 14.2. The van der Waals surface area contributed by atoms with Gasteiger partial charge in [0.2, 0.25) is 0 Å². The molecule has 0 saturated carbocycles. The summed E-state index contributed by atoms with van der Waals surface area (Å²) in [6.45, 7) is 0. The molecule has 0 saturated heterocycles. The fourth-order valence-corrected chi connectivity index (χ4v) is 1.79. The average Bonchev–Trinajstić information content (AvgIpc) is 2.70. The minimum atomic E-state index is -4.37. The third kappa shape index (κ3) is 2.62. The minimum absolute atomic E-state index is 0.0786. The van der Waals surface area contributed by atoms with Crippen LogP contribution in [-0.2, 0) is 13.2 Å². The molecule has 0 aliphatic carbocycles. The number of nitrogens with zero attached hydrogens (tertiary/aromatic N) is 1. The Labute approximate surface area is 106 Å². The Bertz CT molecular complexity index is 612. The highest BCUT2D eigenvalue weighted by Crippen LogP contribution is 2.31. The Morgan fingerprint density at radius 1 is 1.16 bits per heavy atom. The van der Waals surface area contributed by atoms with Crippen molar-refractivity contribution in [3.05, 3.63) is 47.8 Å². The lowest BCUT2D eigenvalue weighted by atomic mass is 10.1. The molecule has 3 nitrogen and oxygen atoms in total. The number of benzene rings is 1. The second-order valence-electron chi connectivity index (χ2n) is 4.11. The van der Waals surface area contributed by atoms with E-state index in [1.807, 2.05) is 0 Å². The summed E-state index contributed by atoms with van der Waals surface area (Å²) in [7, 11) is 1.57. The minimum Gasteiger partial charge on any atom is -0.477 e. The van der Waals surface area contributed by atoms with Gasteiger partial charge in [-0.25, -0.2) is 4.79 Å². The van der Waals surface area contributed by atoms with Gasteiger partial charge in [-0.1, -0.05) is 12.1 Å². The normalized spacial score (nSPS) is 11.6. The third-order valence-electron chi connectivity index (χ3n) is 2.77. The van der Waals surface area contributed by atoms with Gasteiger partial charge in [-0.2, -0.15) is 13.2 Å². The number of carboxylic acids is 1. The summed E-state index contributed by atoms with van der Waals surface area (Å²) in [5, 5.41) is 8.91. The number of hydrogen-bond donors (Lipinski definition) is 1. The number of halogens is 3. The monoisotopic (exact) mass is 269 g/mol. The fourth-order valence-electron chi connectivity index (χ4n) is 1.79. The maximum atomic E-state index is 12.4. The number of rotatable bonds is 2. The van der Waals surface area contributed by atoms with E-state index in [0.717, 1.165) is 12.1 Å². The van der Waals surface area contributed by atoms with Crippen LogP contribution in [0.2, 0.25) is 0 Å². The molecule has 1 heterocycles. The number of hydrogen-bond acceptors (Lipinski definition) is 1. The summed E-state index contributed by atoms with van der Waals surface area (Å²) in [5.41, 5.74) is 0.449. The van der Waals surface area contributed by atoms with Gasteiger partial charge in [0.1, 0.15) is 5.69 Å². The Morgan fingerprint density at radius 2 is 1.74 bits per heavy atom. The van der Waals surface area contributed by atoms with Crippen molar-refractivity contribution in [1.29, 1.82) is 0 Å². The molecule has 2 aromatic rings.